The molecule has 0 atom stereocenters. The first-order valence-corrected chi connectivity index (χ1v) is 6.46. The van der Waals surface area contributed by atoms with Gasteiger partial charge in [-0.3, -0.25) is 9.59 Å². The quantitative estimate of drug-likeness (QED) is 0.799. The summed E-state index contributed by atoms with van der Waals surface area (Å²) in [6.07, 6.45) is 1.77. The summed E-state index contributed by atoms with van der Waals surface area (Å²) in [5, 5.41) is 8.63. The van der Waals surface area contributed by atoms with E-state index in [1.165, 1.54) is 0 Å². The second-order valence-corrected chi connectivity index (χ2v) is 4.72. The SMILES string of the molecule is NCCc1ccc2c(c1)CC(=O)N2CCCC(=O)O. The summed E-state index contributed by atoms with van der Waals surface area (Å²) in [5.74, 6) is -0.782. The van der Waals surface area contributed by atoms with E-state index in [4.69, 9.17) is 10.8 Å². The molecule has 102 valence electrons. The highest BCUT2D eigenvalue weighted by molar-refractivity contribution is 6.01. The predicted molar refractivity (Wildman–Crippen MR) is 72.1 cm³/mol. The van der Waals surface area contributed by atoms with Crippen molar-refractivity contribution in [3.8, 4) is 0 Å². The monoisotopic (exact) mass is 262 g/mol. The highest BCUT2D eigenvalue weighted by atomic mass is 16.4. The van der Waals surface area contributed by atoms with Crippen LogP contribution in [0, 0.1) is 0 Å². The van der Waals surface area contributed by atoms with Crippen LogP contribution in [0.25, 0.3) is 0 Å². The zero-order valence-corrected chi connectivity index (χ0v) is 10.8. The Labute approximate surface area is 112 Å². The number of nitrogens with two attached hydrogens (primary N) is 1. The van der Waals surface area contributed by atoms with Gasteiger partial charge in [-0.1, -0.05) is 12.1 Å². The molecule has 0 radical (unpaired) electrons. The number of aliphatic carboxylic acids is 1. The molecule has 1 aliphatic rings. The Morgan fingerprint density at radius 1 is 1.42 bits per heavy atom. The number of carbonyl (C=O) groups is 2. The van der Waals surface area contributed by atoms with E-state index in [1.807, 2.05) is 18.2 Å². The topological polar surface area (TPSA) is 83.6 Å². The highest BCUT2D eigenvalue weighted by Gasteiger charge is 2.26. The molecule has 0 saturated carbocycles. The number of amides is 1. The minimum absolute atomic E-state index is 0.0466. The number of benzene rings is 1. The molecule has 0 spiro atoms. The molecule has 0 fully saturated rings. The van der Waals surface area contributed by atoms with Crippen LogP contribution >= 0.6 is 0 Å². The van der Waals surface area contributed by atoms with E-state index < -0.39 is 5.97 Å². The van der Waals surface area contributed by atoms with Crippen LogP contribution in [0.5, 0.6) is 0 Å². The van der Waals surface area contributed by atoms with Crippen LogP contribution in [-0.4, -0.2) is 30.1 Å². The van der Waals surface area contributed by atoms with E-state index in [9.17, 15) is 9.59 Å². The van der Waals surface area contributed by atoms with Gasteiger partial charge in [-0.25, -0.2) is 0 Å². The van der Waals surface area contributed by atoms with E-state index in [2.05, 4.69) is 0 Å². The molecule has 0 saturated heterocycles. The van der Waals surface area contributed by atoms with Crippen molar-refractivity contribution in [1.29, 1.82) is 0 Å². The third-order valence-corrected chi connectivity index (χ3v) is 3.28. The first kappa shape index (κ1) is 13.5. The maximum atomic E-state index is 11.9. The molecule has 1 aromatic rings. The number of carboxylic acids is 1. The van der Waals surface area contributed by atoms with Gasteiger partial charge < -0.3 is 15.7 Å². The van der Waals surface area contributed by atoms with Crippen LogP contribution in [0.3, 0.4) is 0 Å². The number of rotatable bonds is 6. The van der Waals surface area contributed by atoms with Gasteiger partial charge in [0.25, 0.3) is 0 Å². The molecule has 5 nitrogen and oxygen atoms in total. The maximum absolute atomic E-state index is 11.9. The minimum atomic E-state index is -0.829. The smallest absolute Gasteiger partial charge is 0.303 e. The van der Waals surface area contributed by atoms with Crippen molar-refractivity contribution in [2.75, 3.05) is 18.0 Å². The summed E-state index contributed by atoms with van der Waals surface area (Å²) in [4.78, 5) is 24.1. The molecular weight excluding hydrogens is 244 g/mol. The number of nitrogens with zero attached hydrogens (tertiary/aromatic N) is 1. The second kappa shape index (κ2) is 5.84. The zero-order chi connectivity index (χ0) is 13.8. The lowest BCUT2D eigenvalue weighted by Crippen LogP contribution is -2.28. The van der Waals surface area contributed by atoms with Crippen LogP contribution in [0.1, 0.15) is 24.0 Å². The normalized spacial score (nSPS) is 13.7. The second-order valence-electron chi connectivity index (χ2n) is 4.72. The standard InChI is InChI=1S/C14H18N2O3/c15-6-5-10-3-4-12-11(8-10)9-13(17)16(12)7-1-2-14(18)19/h3-4,8H,1-2,5-7,9,15H2,(H,18,19). The van der Waals surface area contributed by atoms with Crippen LogP contribution in [-0.2, 0) is 22.4 Å². The van der Waals surface area contributed by atoms with Gasteiger partial charge in [0, 0.05) is 18.7 Å². The Bertz CT molecular complexity index is 499. The molecule has 0 aromatic heterocycles. The van der Waals surface area contributed by atoms with E-state index >= 15 is 0 Å². The van der Waals surface area contributed by atoms with E-state index in [0.717, 1.165) is 23.2 Å². The third kappa shape index (κ3) is 3.12. The maximum Gasteiger partial charge on any atom is 0.303 e. The van der Waals surface area contributed by atoms with E-state index in [-0.39, 0.29) is 12.3 Å². The van der Waals surface area contributed by atoms with E-state index in [0.29, 0.717) is 25.9 Å². The summed E-state index contributed by atoms with van der Waals surface area (Å²) in [6.45, 7) is 1.06. The van der Waals surface area contributed by atoms with Gasteiger partial charge >= 0.3 is 5.97 Å². The Morgan fingerprint density at radius 3 is 2.89 bits per heavy atom. The minimum Gasteiger partial charge on any atom is -0.481 e. The molecule has 0 aliphatic carbocycles. The van der Waals surface area contributed by atoms with Crippen molar-refractivity contribution in [3.63, 3.8) is 0 Å². The lowest BCUT2D eigenvalue weighted by atomic mass is 10.1. The van der Waals surface area contributed by atoms with Crippen molar-refractivity contribution in [2.24, 2.45) is 5.73 Å². The number of carboxylic acid groups (broad SMARTS) is 1. The first-order chi connectivity index (χ1) is 9.11. The molecule has 1 aliphatic heterocycles. The lowest BCUT2D eigenvalue weighted by molar-refractivity contribution is -0.137. The molecular formula is C14H18N2O3. The fraction of sp³-hybridized carbons (Fsp3) is 0.429. The van der Waals surface area contributed by atoms with Gasteiger partial charge in [0.05, 0.1) is 6.42 Å². The fourth-order valence-corrected chi connectivity index (χ4v) is 2.39. The fourth-order valence-electron chi connectivity index (χ4n) is 2.39. The van der Waals surface area contributed by atoms with Gasteiger partial charge in [-0.05, 0) is 36.6 Å². The summed E-state index contributed by atoms with van der Waals surface area (Å²) in [7, 11) is 0. The molecule has 0 unspecified atom stereocenters. The van der Waals surface area contributed by atoms with Crippen molar-refractivity contribution in [2.45, 2.75) is 25.7 Å². The molecule has 19 heavy (non-hydrogen) atoms. The third-order valence-electron chi connectivity index (χ3n) is 3.28. The van der Waals surface area contributed by atoms with Gasteiger partial charge in [0.2, 0.25) is 5.91 Å². The zero-order valence-electron chi connectivity index (χ0n) is 10.8. The molecule has 2 rings (SSSR count). The molecule has 3 N–H and O–H groups in total. The Kier molecular flexibility index (Phi) is 4.16. The van der Waals surface area contributed by atoms with Crippen molar-refractivity contribution in [1.82, 2.24) is 0 Å². The average Bonchev–Trinajstić information content (AvgIpc) is 2.65. The number of carbonyl (C=O) groups excluding carboxylic acids is 1. The molecule has 1 amide bonds. The Morgan fingerprint density at radius 2 is 2.21 bits per heavy atom. The van der Waals surface area contributed by atoms with Gasteiger partial charge in [0.1, 0.15) is 0 Å². The largest absolute Gasteiger partial charge is 0.481 e. The lowest BCUT2D eigenvalue weighted by Gasteiger charge is -2.17. The number of anilines is 1. The highest BCUT2D eigenvalue weighted by Crippen LogP contribution is 2.30. The Hall–Kier alpha value is -1.88. The van der Waals surface area contributed by atoms with Crippen LogP contribution in [0.15, 0.2) is 18.2 Å². The molecule has 1 heterocycles. The summed E-state index contributed by atoms with van der Waals surface area (Å²) in [6, 6.07) is 5.94. The Balaban J connectivity index is 2.08. The summed E-state index contributed by atoms with van der Waals surface area (Å²) < 4.78 is 0. The van der Waals surface area contributed by atoms with E-state index in [1.54, 1.807) is 4.90 Å². The van der Waals surface area contributed by atoms with Crippen molar-refractivity contribution in [3.05, 3.63) is 29.3 Å². The van der Waals surface area contributed by atoms with Crippen LogP contribution < -0.4 is 10.6 Å². The number of fused-ring (bicyclic) bond motifs is 1. The molecule has 0 bridgehead atoms. The molecule has 1 aromatic carbocycles. The predicted octanol–water partition coefficient (Wildman–Crippen LogP) is 0.942. The summed E-state index contributed by atoms with van der Waals surface area (Å²) >= 11 is 0. The van der Waals surface area contributed by atoms with Crippen molar-refractivity contribution >= 4 is 17.6 Å². The van der Waals surface area contributed by atoms with Crippen molar-refractivity contribution < 1.29 is 14.7 Å². The first-order valence-electron chi connectivity index (χ1n) is 6.46. The average molecular weight is 262 g/mol. The van der Waals surface area contributed by atoms with Crippen LogP contribution in [0.2, 0.25) is 0 Å². The molecule has 5 heteroatoms. The van der Waals surface area contributed by atoms with Crippen LogP contribution in [0.4, 0.5) is 5.69 Å². The van der Waals surface area contributed by atoms with Gasteiger partial charge in [0.15, 0.2) is 0 Å². The van der Waals surface area contributed by atoms with Gasteiger partial charge in [-0.15, -0.1) is 0 Å². The van der Waals surface area contributed by atoms with Gasteiger partial charge in [-0.2, -0.15) is 0 Å². The number of hydrogen-bond acceptors (Lipinski definition) is 3. The number of hydrogen-bond donors (Lipinski definition) is 2. The summed E-state index contributed by atoms with van der Waals surface area (Å²) in [5.41, 5.74) is 8.59.